The fraction of sp³-hybridized carbons (Fsp3) is 0.917. The number of aliphatic carboxylic acids is 1. The number of hydrogen-bond acceptors (Lipinski definition) is 3. The molecular formula is C12H23NO4S. The van der Waals surface area contributed by atoms with Crippen molar-refractivity contribution in [3.63, 3.8) is 0 Å². The molecule has 1 rings (SSSR count). The van der Waals surface area contributed by atoms with Gasteiger partial charge in [-0.25, -0.2) is 8.42 Å². The van der Waals surface area contributed by atoms with Crippen molar-refractivity contribution in [2.45, 2.75) is 46.1 Å². The molecule has 106 valence electrons. The molecule has 0 saturated carbocycles. The van der Waals surface area contributed by atoms with E-state index in [0.717, 1.165) is 12.8 Å². The highest BCUT2D eigenvalue weighted by molar-refractivity contribution is 7.89. The van der Waals surface area contributed by atoms with E-state index in [9.17, 15) is 13.2 Å². The standard InChI is InChI=1S/C12H23NO4S/c1-9-7-13(18(16,17)8-9)11(3)6-4-5-10(2)12(14)15/h9-11H,4-8H2,1-3H3,(H,14,15). The zero-order chi connectivity index (χ0) is 13.9. The van der Waals surface area contributed by atoms with E-state index in [0.29, 0.717) is 13.0 Å². The third kappa shape index (κ3) is 3.95. The van der Waals surface area contributed by atoms with Crippen molar-refractivity contribution in [1.29, 1.82) is 0 Å². The minimum Gasteiger partial charge on any atom is -0.481 e. The van der Waals surface area contributed by atoms with Gasteiger partial charge in [-0.15, -0.1) is 0 Å². The lowest BCUT2D eigenvalue weighted by molar-refractivity contribution is -0.141. The number of rotatable bonds is 6. The smallest absolute Gasteiger partial charge is 0.306 e. The molecule has 0 aromatic carbocycles. The molecule has 3 atom stereocenters. The maximum absolute atomic E-state index is 11.9. The first-order chi connectivity index (χ1) is 8.24. The van der Waals surface area contributed by atoms with E-state index in [1.54, 1.807) is 11.2 Å². The van der Waals surface area contributed by atoms with Gasteiger partial charge >= 0.3 is 5.97 Å². The zero-order valence-corrected chi connectivity index (χ0v) is 12.1. The minimum atomic E-state index is -3.09. The summed E-state index contributed by atoms with van der Waals surface area (Å²) in [6.45, 7) is 6.12. The number of nitrogens with zero attached hydrogens (tertiary/aromatic N) is 1. The second-order valence-electron chi connectivity index (χ2n) is 5.47. The van der Waals surface area contributed by atoms with Gasteiger partial charge in [-0.05, 0) is 25.7 Å². The number of sulfonamides is 1. The van der Waals surface area contributed by atoms with Crippen LogP contribution in [0.25, 0.3) is 0 Å². The Morgan fingerprint density at radius 3 is 2.44 bits per heavy atom. The van der Waals surface area contributed by atoms with E-state index in [4.69, 9.17) is 5.11 Å². The second kappa shape index (κ2) is 6.02. The summed E-state index contributed by atoms with van der Waals surface area (Å²) in [7, 11) is -3.09. The Morgan fingerprint density at radius 2 is 2.00 bits per heavy atom. The maximum atomic E-state index is 11.9. The Kier molecular flexibility index (Phi) is 5.16. The number of carboxylic acid groups (broad SMARTS) is 1. The largest absolute Gasteiger partial charge is 0.481 e. The second-order valence-corrected chi connectivity index (χ2v) is 7.44. The van der Waals surface area contributed by atoms with Crippen LogP contribution in [0.2, 0.25) is 0 Å². The molecule has 0 radical (unpaired) electrons. The Morgan fingerprint density at radius 1 is 1.39 bits per heavy atom. The van der Waals surface area contributed by atoms with E-state index in [1.165, 1.54) is 0 Å². The highest BCUT2D eigenvalue weighted by atomic mass is 32.2. The molecule has 0 aromatic rings. The molecule has 3 unspecified atom stereocenters. The first-order valence-electron chi connectivity index (χ1n) is 6.46. The summed E-state index contributed by atoms with van der Waals surface area (Å²) < 4.78 is 25.3. The zero-order valence-electron chi connectivity index (χ0n) is 11.3. The Balaban J connectivity index is 2.42. The molecule has 0 aliphatic carbocycles. The third-order valence-corrected chi connectivity index (χ3v) is 5.73. The van der Waals surface area contributed by atoms with Crippen LogP contribution in [-0.2, 0) is 14.8 Å². The van der Waals surface area contributed by atoms with Gasteiger partial charge in [0, 0.05) is 12.6 Å². The van der Waals surface area contributed by atoms with Crippen LogP contribution >= 0.6 is 0 Å². The summed E-state index contributed by atoms with van der Waals surface area (Å²) in [4.78, 5) is 10.7. The van der Waals surface area contributed by atoms with Crippen molar-refractivity contribution in [3.05, 3.63) is 0 Å². The molecule has 1 N–H and O–H groups in total. The van der Waals surface area contributed by atoms with Gasteiger partial charge in [0.05, 0.1) is 11.7 Å². The van der Waals surface area contributed by atoms with Crippen molar-refractivity contribution >= 4 is 16.0 Å². The van der Waals surface area contributed by atoms with Crippen LogP contribution in [0.15, 0.2) is 0 Å². The average Bonchev–Trinajstić information content (AvgIpc) is 2.51. The first-order valence-corrected chi connectivity index (χ1v) is 8.07. The quantitative estimate of drug-likeness (QED) is 0.799. The molecule has 1 aliphatic heterocycles. The number of carboxylic acids is 1. The Labute approximate surface area is 109 Å². The molecule has 1 saturated heterocycles. The Bertz CT molecular complexity index is 393. The van der Waals surface area contributed by atoms with E-state index >= 15 is 0 Å². The van der Waals surface area contributed by atoms with Crippen LogP contribution in [0, 0.1) is 11.8 Å². The van der Waals surface area contributed by atoms with Gasteiger partial charge < -0.3 is 5.11 Å². The van der Waals surface area contributed by atoms with Gasteiger partial charge in [0.15, 0.2) is 0 Å². The van der Waals surface area contributed by atoms with Gasteiger partial charge in [0.1, 0.15) is 0 Å². The molecule has 0 spiro atoms. The summed E-state index contributed by atoms with van der Waals surface area (Å²) in [6, 6.07) is -0.0269. The van der Waals surface area contributed by atoms with Crippen molar-refractivity contribution in [1.82, 2.24) is 4.31 Å². The molecule has 0 aromatic heterocycles. The summed E-state index contributed by atoms with van der Waals surface area (Å²) in [5, 5.41) is 8.77. The number of carbonyl (C=O) groups is 1. The van der Waals surface area contributed by atoms with Gasteiger partial charge in [-0.1, -0.05) is 20.3 Å². The molecule has 1 aliphatic rings. The predicted octanol–water partition coefficient (Wildman–Crippen LogP) is 1.55. The first kappa shape index (κ1) is 15.4. The SMILES string of the molecule is CC1CN(C(C)CCCC(C)C(=O)O)S(=O)(=O)C1. The van der Waals surface area contributed by atoms with Crippen LogP contribution < -0.4 is 0 Å². The third-order valence-electron chi connectivity index (χ3n) is 3.52. The lowest BCUT2D eigenvalue weighted by atomic mass is 10.0. The van der Waals surface area contributed by atoms with Crippen molar-refractivity contribution in [2.24, 2.45) is 11.8 Å². The summed E-state index contributed by atoms with van der Waals surface area (Å²) >= 11 is 0. The Hall–Kier alpha value is -0.620. The molecule has 5 nitrogen and oxygen atoms in total. The van der Waals surface area contributed by atoms with Gasteiger partial charge in [0.25, 0.3) is 0 Å². The van der Waals surface area contributed by atoms with E-state index in [2.05, 4.69) is 0 Å². The highest BCUT2D eigenvalue weighted by Crippen LogP contribution is 2.24. The summed E-state index contributed by atoms with van der Waals surface area (Å²) in [6.07, 6.45) is 2.07. The molecule has 6 heteroatoms. The van der Waals surface area contributed by atoms with E-state index in [-0.39, 0.29) is 23.6 Å². The monoisotopic (exact) mass is 277 g/mol. The lowest BCUT2D eigenvalue weighted by Gasteiger charge is -2.23. The lowest BCUT2D eigenvalue weighted by Crippen LogP contribution is -2.34. The van der Waals surface area contributed by atoms with Crippen LogP contribution in [0.5, 0.6) is 0 Å². The van der Waals surface area contributed by atoms with Crippen molar-refractivity contribution < 1.29 is 18.3 Å². The molecule has 0 bridgehead atoms. The minimum absolute atomic E-state index is 0.0269. The molecule has 0 amide bonds. The fourth-order valence-electron chi connectivity index (χ4n) is 2.37. The topological polar surface area (TPSA) is 74.7 Å². The summed E-state index contributed by atoms with van der Waals surface area (Å²) in [5.41, 5.74) is 0. The highest BCUT2D eigenvalue weighted by Gasteiger charge is 2.36. The molecule has 1 heterocycles. The van der Waals surface area contributed by atoms with Gasteiger partial charge in [-0.3, -0.25) is 4.79 Å². The van der Waals surface area contributed by atoms with Crippen molar-refractivity contribution in [3.8, 4) is 0 Å². The normalized spacial score (nSPS) is 26.9. The summed E-state index contributed by atoms with van der Waals surface area (Å²) in [5.74, 6) is -0.713. The van der Waals surface area contributed by atoms with Gasteiger partial charge in [0.2, 0.25) is 10.0 Å². The van der Waals surface area contributed by atoms with Crippen molar-refractivity contribution in [2.75, 3.05) is 12.3 Å². The average molecular weight is 277 g/mol. The van der Waals surface area contributed by atoms with Crippen LogP contribution in [-0.4, -0.2) is 42.1 Å². The molecule has 1 fully saturated rings. The predicted molar refractivity (Wildman–Crippen MR) is 69.8 cm³/mol. The van der Waals surface area contributed by atoms with E-state index < -0.39 is 16.0 Å². The fourth-order valence-corrected chi connectivity index (χ4v) is 4.52. The molecule has 18 heavy (non-hydrogen) atoms. The van der Waals surface area contributed by atoms with Gasteiger partial charge in [-0.2, -0.15) is 4.31 Å². The maximum Gasteiger partial charge on any atom is 0.306 e. The van der Waals surface area contributed by atoms with E-state index in [1.807, 2.05) is 13.8 Å². The molecular weight excluding hydrogens is 254 g/mol. The van der Waals surface area contributed by atoms with Crippen LogP contribution in [0.1, 0.15) is 40.0 Å². The van der Waals surface area contributed by atoms with Crippen LogP contribution in [0.3, 0.4) is 0 Å². The van der Waals surface area contributed by atoms with Crippen LogP contribution in [0.4, 0.5) is 0 Å². The number of hydrogen-bond donors (Lipinski definition) is 1.